The van der Waals surface area contributed by atoms with Gasteiger partial charge in [-0.3, -0.25) is 4.79 Å². The summed E-state index contributed by atoms with van der Waals surface area (Å²) in [6.45, 7) is 1.41. The van der Waals surface area contributed by atoms with Gasteiger partial charge in [0.1, 0.15) is 0 Å². The van der Waals surface area contributed by atoms with E-state index in [1.165, 1.54) is 6.92 Å². The fraction of sp³-hybridized carbons (Fsp3) is 0.286. The van der Waals surface area contributed by atoms with Gasteiger partial charge in [-0.1, -0.05) is 11.6 Å². The second-order valence-electron chi connectivity index (χ2n) is 2.25. The molecular weight excluding hydrogens is 216 g/mol. The van der Waals surface area contributed by atoms with E-state index >= 15 is 0 Å². The van der Waals surface area contributed by atoms with Crippen molar-refractivity contribution in [3.8, 4) is 0 Å². The summed E-state index contributed by atoms with van der Waals surface area (Å²) in [7, 11) is 0. The first-order valence-electron chi connectivity index (χ1n) is 3.45. The number of hydrogen-bond acceptors (Lipinski definition) is 6. The fourth-order valence-corrected chi connectivity index (χ4v) is 1.03. The van der Waals surface area contributed by atoms with Gasteiger partial charge in [0.2, 0.25) is 17.6 Å². The van der Waals surface area contributed by atoms with Crippen molar-refractivity contribution in [1.82, 2.24) is 0 Å². The molecule has 0 bridgehead atoms. The van der Waals surface area contributed by atoms with E-state index in [-0.39, 0.29) is 17.8 Å². The molecule has 1 aromatic heterocycles. The van der Waals surface area contributed by atoms with Crippen molar-refractivity contribution in [1.29, 1.82) is 0 Å². The molecule has 0 fully saturated rings. The zero-order valence-corrected chi connectivity index (χ0v) is 7.74. The molecule has 0 amide bonds. The van der Waals surface area contributed by atoms with Gasteiger partial charge < -0.3 is 13.6 Å². The smallest absolute Gasteiger partial charge is 0.432 e. The van der Waals surface area contributed by atoms with Gasteiger partial charge in [-0.05, 0) is 6.92 Å². The summed E-state index contributed by atoms with van der Waals surface area (Å²) >= 11 is 5.50. The minimum Gasteiger partial charge on any atom is -0.432 e. The lowest BCUT2D eigenvalue weighted by molar-refractivity contribution is -0.150. The molecule has 14 heavy (non-hydrogen) atoms. The van der Waals surface area contributed by atoms with E-state index in [1.807, 2.05) is 0 Å². The Morgan fingerprint density at radius 2 is 2.21 bits per heavy atom. The Morgan fingerprint density at radius 3 is 2.64 bits per heavy atom. The van der Waals surface area contributed by atoms with E-state index in [9.17, 15) is 14.4 Å². The van der Waals surface area contributed by atoms with E-state index in [0.29, 0.717) is 0 Å². The number of rotatable bonds is 3. The van der Waals surface area contributed by atoms with E-state index in [0.717, 1.165) is 0 Å². The predicted molar refractivity (Wildman–Crippen MR) is 42.7 cm³/mol. The Kier molecular flexibility index (Phi) is 3.08. The Bertz CT molecular complexity index is 403. The summed E-state index contributed by atoms with van der Waals surface area (Å²) in [4.78, 5) is 31.0. The second-order valence-corrected chi connectivity index (χ2v) is 2.64. The van der Waals surface area contributed by atoms with E-state index in [1.54, 1.807) is 0 Å². The number of aryl methyl sites for hydroxylation is 1. The minimum absolute atomic E-state index is 0.0527. The van der Waals surface area contributed by atoms with Crippen LogP contribution in [0.2, 0.25) is 0 Å². The number of aldehydes is 1. The van der Waals surface area contributed by atoms with Gasteiger partial charge in [0, 0.05) is 0 Å². The number of carbonyl (C=O) groups excluding carboxylic acids is 2. The highest BCUT2D eigenvalue weighted by atomic mass is 35.5. The van der Waals surface area contributed by atoms with Crippen LogP contribution in [0.1, 0.15) is 17.1 Å². The van der Waals surface area contributed by atoms with Crippen LogP contribution in [0.3, 0.4) is 0 Å². The van der Waals surface area contributed by atoms with Crippen molar-refractivity contribution in [2.75, 3.05) is 0 Å². The molecule has 0 saturated carbocycles. The monoisotopic (exact) mass is 220 g/mol. The number of ether oxygens (including phenoxy) is 1. The third-order valence-corrected chi connectivity index (χ3v) is 1.59. The molecule has 1 heterocycles. The number of carbonyl (C=O) groups is 2. The first-order chi connectivity index (χ1) is 6.54. The van der Waals surface area contributed by atoms with Crippen LogP contribution in [0.4, 0.5) is 0 Å². The second kappa shape index (κ2) is 4.10. The average molecular weight is 221 g/mol. The van der Waals surface area contributed by atoms with Gasteiger partial charge in [0.15, 0.2) is 5.76 Å². The lowest BCUT2D eigenvalue weighted by atomic mass is 10.4. The third kappa shape index (κ3) is 2.23. The van der Waals surface area contributed by atoms with Crippen LogP contribution in [0, 0.1) is 6.92 Å². The molecule has 0 aliphatic carbocycles. The first kappa shape index (κ1) is 10.5. The number of halogens is 1. The molecule has 0 aliphatic heterocycles. The molecule has 6 nitrogen and oxygen atoms in total. The molecule has 1 unspecified atom stereocenters. The fourth-order valence-electron chi connectivity index (χ4n) is 0.747. The van der Waals surface area contributed by atoms with Crippen LogP contribution >= 0.6 is 11.6 Å². The molecule has 0 saturated heterocycles. The molecule has 1 rings (SSSR count). The van der Waals surface area contributed by atoms with Crippen molar-refractivity contribution in [3.63, 3.8) is 0 Å². The van der Waals surface area contributed by atoms with Crippen LogP contribution in [0.15, 0.2) is 13.6 Å². The average Bonchev–Trinajstić information content (AvgIpc) is 2.45. The molecule has 0 aromatic carbocycles. The molecule has 1 atom stereocenters. The van der Waals surface area contributed by atoms with Crippen LogP contribution < -0.4 is 5.82 Å². The molecule has 76 valence electrons. The summed E-state index contributed by atoms with van der Waals surface area (Å²) in [5.74, 6) is -2.15. The van der Waals surface area contributed by atoms with Gasteiger partial charge in [-0.25, -0.2) is 9.59 Å². The highest BCUT2D eigenvalue weighted by molar-refractivity contribution is 6.24. The molecule has 0 spiro atoms. The summed E-state index contributed by atoms with van der Waals surface area (Å²) in [6.07, 6.45) is -0.0527. The Balaban J connectivity index is 2.83. The molecular formula is C7H5ClO6. The summed E-state index contributed by atoms with van der Waals surface area (Å²) in [5, 5.41) is 0. The standard InChI is InChI=1S/C7H5ClO6/c1-3-5(14-7(11)12-3)6(8)13-4(10)2-9/h2,6H,1H3. The Morgan fingerprint density at radius 1 is 1.57 bits per heavy atom. The van der Waals surface area contributed by atoms with E-state index in [4.69, 9.17) is 11.6 Å². The minimum atomic E-state index is -1.35. The van der Waals surface area contributed by atoms with Gasteiger partial charge >= 0.3 is 11.8 Å². The topological polar surface area (TPSA) is 86.7 Å². The normalized spacial score (nSPS) is 12.1. The maximum absolute atomic E-state index is 10.6. The summed E-state index contributed by atoms with van der Waals surface area (Å²) in [5.41, 5.74) is -1.35. The lowest BCUT2D eigenvalue weighted by Gasteiger charge is -2.04. The zero-order chi connectivity index (χ0) is 10.7. The molecule has 1 aromatic rings. The predicted octanol–water partition coefficient (Wildman–Crippen LogP) is 0.521. The number of alkyl halides is 1. The Hall–Kier alpha value is -1.56. The van der Waals surface area contributed by atoms with Crippen molar-refractivity contribution in [2.24, 2.45) is 0 Å². The molecule has 0 N–H and O–H groups in total. The van der Waals surface area contributed by atoms with Crippen LogP contribution in [-0.4, -0.2) is 12.3 Å². The van der Waals surface area contributed by atoms with Gasteiger partial charge in [-0.15, -0.1) is 0 Å². The maximum Gasteiger partial charge on any atom is 0.519 e. The quantitative estimate of drug-likeness (QED) is 0.319. The third-order valence-electron chi connectivity index (χ3n) is 1.30. The maximum atomic E-state index is 10.6. The largest absolute Gasteiger partial charge is 0.519 e. The van der Waals surface area contributed by atoms with Gasteiger partial charge in [0.25, 0.3) is 0 Å². The SMILES string of the molecule is Cc1oc(=O)oc1C(Cl)OC(=O)C=O. The lowest BCUT2D eigenvalue weighted by Crippen LogP contribution is -2.08. The number of esters is 1. The molecule has 0 radical (unpaired) electrons. The summed E-state index contributed by atoms with van der Waals surface area (Å²) < 4.78 is 13.3. The van der Waals surface area contributed by atoms with Gasteiger partial charge in [0.05, 0.1) is 0 Å². The molecule has 0 aliphatic rings. The first-order valence-corrected chi connectivity index (χ1v) is 3.88. The highest BCUT2D eigenvalue weighted by Crippen LogP contribution is 2.23. The van der Waals surface area contributed by atoms with Crippen LogP contribution in [0.25, 0.3) is 0 Å². The van der Waals surface area contributed by atoms with Crippen molar-refractivity contribution >= 4 is 23.9 Å². The van der Waals surface area contributed by atoms with Crippen molar-refractivity contribution < 1.29 is 23.2 Å². The van der Waals surface area contributed by atoms with Crippen molar-refractivity contribution in [3.05, 3.63) is 22.1 Å². The Labute approximate surface area is 82.4 Å². The summed E-state index contributed by atoms with van der Waals surface area (Å²) in [6, 6.07) is 0. The highest BCUT2D eigenvalue weighted by Gasteiger charge is 2.21. The van der Waals surface area contributed by atoms with E-state index in [2.05, 4.69) is 13.6 Å². The number of hydrogen-bond donors (Lipinski definition) is 0. The van der Waals surface area contributed by atoms with Crippen LogP contribution in [0.5, 0.6) is 0 Å². The van der Waals surface area contributed by atoms with Crippen molar-refractivity contribution in [2.45, 2.75) is 12.5 Å². The van der Waals surface area contributed by atoms with Crippen LogP contribution in [-0.2, 0) is 14.3 Å². The van der Waals surface area contributed by atoms with Gasteiger partial charge in [-0.2, -0.15) is 0 Å². The molecule has 7 heteroatoms. The zero-order valence-electron chi connectivity index (χ0n) is 6.98. The van der Waals surface area contributed by atoms with E-state index < -0.39 is 17.4 Å².